The highest BCUT2D eigenvalue weighted by molar-refractivity contribution is 9.10. The number of aryl methyl sites for hydroxylation is 2. The van der Waals surface area contributed by atoms with Crippen LogP contribution in [0.4, 0.5) is 5.69 Å². The fraction of sp³-hybridized carbons (Fsp3) is 0.286. The SMILES string of the molecule is CNCc1csc(S(=O)(=O)Nc2cc(C)c(Br)c(C)c2)c1. The molecule has 1 aromatic carbocycles. The van der Waals surface area contributed by atoms with E-state index in [1.807, 2.05) is 38.4 Å². The Kier molecular flexibility index (Phi) is 5.08. The Labute approximate surface area is 137 Å². The van der Waals surface area contributed by atoms with Crippen molar-refractivity contribution in [1.29, 1.82) is 0 Å². The van der Waals surface area contributed by atoms with Crippen molar-refractivity contribution in [3.63, 3.8) is 0 Å². The molecule has 0 aliphatic carbocycles. The Morgan fingerprint density at radius 1 is 1.19 bits per heavy atom. The molecule has 0 aliphatic heterocycles. The van der Waals surface area contributed by atoms with E-state index in [0.717, 1.165) is 21.2 Å². The molecule has 21 heavy (non-hydrogen) atoms. The largest absolute Gasteiger partial charge is 0.316 e. The molecule has 0 aliphatic rings. The lowest BCUT2D eigenvalue weighted by Crippen LogP contribution is -2.12. The van der Waals surface area contributed by atoms with Crippen molar-refractivity contribution in [2.24, 2.45) is 0 Å². The first-order valence-electron chi connectivity index (χ1n) is 6.35. The average Bonchev–Trinajstić information content (AvgIpc) is 2.85. The molecule has 0 amide bonds. The van der Waals surface area contributed by atoms with Gasteiger partial charge in [0.2, 0.25) is 0 Å². The van der Waals surface area contributed by atoms with Gasteiger partial charge in [-0.1, -0.05) is 15.9 Å². The number of halogens is 1. The van der Waals surface area contributed by atoms with Gasteiger partial charge in [0.1, 0.15) is 4.21 Å². The standard InChI is InChI=1S/C14H17BrN2O2S2/c1-9-4-12(5-10(2)14(9)15)17-21(18,19)13-6-11(7-16-3)8-20-13/h4-6,8,16-17H,7H2,1-3H3. The molecule has 4 nitrogen and oxygen atoms in total. The molecule has 1 heterocycles. The van der Waals surface area contributed by atoms with E-state index in [9.17, 15) is 8.42 Å². The molecule has 2 rings (SSSR count). The monoisotopic (exact) mass is 388 g/mol. The molecule has 0 fully saturated rings. The van der Waals surface area contributed by atoms with Gasteiger partial charge in [-0.25, -0.2) is 8.42 Å². The van der Waals surface area contributed by atoms with Gasteiger partial charge in [-0.15, -0.1) is 11.3 Å². The molecule has 7 heteroatoms. The van der Waals surface area contributed by atoms with E-state index in [2.05, 4.69) is 26.0 Å². The molecule has 114 valence electrons. The summed E-state index contributed by atoms with van der Waals surface area (Å²) in [4.78, 5) is 0. The summed E-state index contributed by atoms with van der Waals surface area (Å²) in [6, 6.07) is 5.33. The van der Waals surface area contributed by atoms with E-state index >= 15 is 0 Å². The molecule has 0 saturated carbocycles. The van der Waals surface area contributed by atoms with Crippen molar-refractivity contribution in [2.75, 3.05) is 11.8 Å². The predicted molar refractivity (Wildman–Crippen MR) is 91.5 cm³/mol. The molecule has 0 atom stereocenters. The van der Waals surface area contributed by atoms with Crippen molar-refractivity contribution >= 4 is 43.0 Å². The highest BCUT2D eigenvalue weighted by Gasteiger charge is 2.17. The highest BCUT2D eigenvalue weighted by Crippen LogP contribution is 2.28. The minimum Gasteiger partial charge on any atom is -0.316 e. The number of benzene rings is 1. The summed E-state index contributed by atoms with van der Waals surface area (Å²) >= 11 is 4.70. The van der Waals surface area contributed by atoms with Gasteiger partial charge in [0.25, 0.3) is 10.0 Å². The molecule has 0 spiro atoms. The molecular weight excluding hydrogens is 372 g/mol. The van der Waals surface area contributed by atoms with Gasteiger partial charge in [-0.3, -0.25) is 4.72 Å². The average molecular weight is 389 g/mol. The number of rotatable bonds is 5. The van der Waals surface area contributed by atoms with Gasteiger partial charge in [0, 0.05) is 16.7 Å². The van der Waals surface area contributed by atoms with Crippen LogP contribution >= 0.6 is 27.3 Å². The van der Waals surface area contributed by atoms with E-state index in [4.69, 9.17) is 0 Å². The zero-order valence-corrected chi connectivity index (χ0v) is 15.2. The van der Waals surface area contributed by atoms with Gasteiger partial charge in [0.05, 0.1) is 0 Å². The van der Waals surface area contributed by atoms with E-state index < -0.39 is 10.0 Å². The van der Waals surface area contributed by atoms with E-state index in [1.54, 1.807) is 6.07 Å². The Hall–Kier alpha value is -0.890. The maximum absolute atomic E-state index is 12.4. The lowest BCUT2D eigenvalue weighted by molar-refractivity contribution is 0.603. The zero-order valence-electron chi connectivity index (χ0n) is 12.0. The summed E-state index contributed by atoms with van der Waals surface area (Å²) in [5, 5.41) is 4.86. The first-order valence-corrected chi connectivity index (χ1v) is 9.50. The molecule has 0 radical (unpaired) electrons. The number of nitrogens with one attached hydrogen (secondary N) is 2. The third-order valence-electron chi connectivity index (χ3n) is 2.96. The van der Waals surface area contributed by atoms with Gasteiger partial charge >= 0.3 is 0 Å². The number of hydrogen-bond donors (Lipinski definition) is 2. The minimum absolute atomic E-state index is 0.325. The molecule has 1 aromatic heterocycles. The number of anilines is 1. The second kappa shape index (κ2) is 6.48. The number of thiophene rings is 1. The summed E-state index contributed by atoms with van der Waals surface area (Å²) in [5.74, 6) is 0. The summed E-state index contributed by atoms with van der Waals surface area (Å²) in [6.07, 6.45) is 0. The van der Waals surface area contributed by atoms with Crippen LogP contribution in [0.15, 0.2) is 32.3 Å². The maximum Gasteiger partial charge on any atom is 0.271 e. The van der Waals surface area contributed by atoms with Crippen molar-refractivity contribution < 1.29 is 8.42 Å². The summed E-state index contributed by atoms with van der Waals surface area (Å²) in [5.41, 5.74) is 3.53. The van der Waals surface area contributed by atoms with E-state index in [0.29, 0.717) is 16.4 Å². The second-order valence-electron chi connectivity index (χ2n) is 4.83. The first-order chi connectivity index (χ1) is 9.83. The molecule has 2 aromatic rings. The van der Waals surface area contributed by atoms with Crippen LogP contribution < -0.4 is 10.0 Å². The van der Waals surface area contributed by atoms with Crippen molar-refractivity contribution in [1.82, 2.24) is 5.32 Å². The highest BCUT2D eigenvalue weighted by atomic mass is 79.9. The number of sulfonamides is 1. The predicted octanol–water partition coefficient (Wildman–Crippen LogP) is 3.65. The molecule has 0 unspecified atom stereocenters. The van der Waals surface area contributed by atoms with Gasteiger partial charge in [-0.2, -0.15) is 0 Å². The molecular formula is C14H17BrN2O2S2. The summed E-state index contributed by atoms with van der Waals surface area (Å²) < 4.78 is 28.8. The van der Waals surface area contributed by atoms with E-state index in [1.165, 1.54) is 11.3 Å². The van der Waals surface area contributed by atoms with Crippen LogP contribution in [-0.4, -0.2) is 15.5 Å². The molecule has 0 bridgehead atoms. The van der Waals surface area contributed by atoms with Crippen LogP contribution in [0.1, 0.15) is 16.7 Å². The lowest BCUT2D eigenvalue weighted by atomic mass is 10.1. The Morgan fingerprint density at radius 2 is 1.81 bits per heavy atom. The van der Waals surface area contributed by atoms with Gasteiger partial charge in [-0.05, 0) is 61.2 Å². The van der Waals surface area contributed by atoms with Gasteiger partial charge < -0.3 is 5.32 Å². The van der Waals surface area contributed by atoms with Crippen LogP contribution in [0, 0.1) is 13.8 Å². The second-order valence-corrected chi connectivity index (χ2v) is 8.45. The third-order valence-corrected chi connectivity index (χ3v) is 7.08. The normalized spacial score (nSPS) is 11.6. The van der Waals surface area contributed by atoms with Crippen molar-refractivity contribution in [3.05, 3.63) is 44.7 Å². The smallest absolute Gasteiger partial charge is 0.271 e. The van der Waals surface area contributed by atoms with Crippen LogP contribution in [0.5, 0.6) is 0 Å². The maximum atomic E-state index is 12.4. The Balaban J connectivity index is 2.28. The van der Waals surface area contributed by atoms with Crippen molar-refractivity contribution in [3.8, 4) is 0 Å². The van der Waals surface area contributed by atoms with Crippen LogP contribution in [-0.2, 0) is 16.6 Å². The zero-order chi connectivity index (χ0) is 15.6. The summed E-state index contributed by atoms with van der Waals surface area (Å²) in [7, 11) is -1.70. The fourth-order valence-corrected chi connectivity index (χ4v) is 4.48. The quantitative estimate of drug-likeness (QED) is 0.821. The van der Waals surface area contributed by atoms with Crippen molar-refractivity contribution in [2.45, 2.75) is 24.6 Å². The number of hydrogen-bond acceptors (Lipinski definition) is 4. The Morgan fingerprint density at radius 3 is 2.38 bits per heavy atom. The third kappa shape index (κ3) is 3.85. The fourth-order valence-electron chi connectivity index (χ4n) is 2.00. The van der Waals surface area contributed by atoms with Crippen LogP contribution in [0.2, 0.25) is 0 Å². The minimum atomic E-state index is -3.53. The van der Waals surface area contributed by atoms with E-state index in [-0.39, 0.29) is 0 Å². The van der Waals surface area contributed by atoms with Gasteiger partial charge in [0.15, 0.2) is 0 Å². The van der Waals surface area contributed by atoms with Crippen LogP contribution in [0.25, 0.3) is 0 Å². The van der Waals surface area contributed by atoms with Crippen LogP contribution in [0.3, 0.4) is 0 Å². The first kappa shape index (κ1) is 16.5. The summed E-state index contributed by atoms with van der Waals surface area (Å²) in [6.45, 7) is 4.53. The molecule has 0 saturated heterocycles. The molecule has 2 N–H and O–H groups in total. The lowest BCUT2D eigenvalue weighted by Gasteiger charge is -2.10. The Bertz CT molecular complexity index is 731. The topological polar surface area (TPSA) is 58.2 Å².